The quantitative estimate of drug-likeness (QED) is 0.455. The Hall–Kier alpha value is -4.66. The third-order valence-corrected chi connectivity index (χ3v) is 5.82. The minimum Gasteiger partial charge on any atom is -0.502 e. The second-order valence-corrected chi connectivity index (χ2v) is 8.28. The van der Waals surface area contributed by atoms with Crippen LogP contribution in [0.5, 0.6) is 28.7 Å². The van der Waals surface area contributed by atoms with Crippen molar-refractivity contribution in [3.8, 4) is 40.1 Å². The van der Waals surface area contributed by atoms with E-state index in [0.717, 1.165) is 11.1 Å². The van der Waals surface area contributed by atoms with E-state index in [1.54, 1.807) is 55.5 Å². The van der Waals surface area contributed by atoms with Crippen LogP contribution >= 0.6 is 0 Å². The molecule has 0 spiro atoms. The van der Waals surface area contributed by atoms with Gasteiger partial charge in [0.2, 0.25) is 30.7 Å². The van der Waals surface area contributed by atoms with Gasteiger partial charge in [0.15, 0.2) is 34.3 Å². The maximum absolute atomic E-state index is 13.0. The molecule has 35 heavy (non-hydrogen) atoms. The maximum atomic E-state index is 13.0. The second kappa shape index (κ2) is 7.98. The lowest BCUT2D eigenvalue weighted by Crippen LogP contribution is -2.15. The van der Waals surface area contributed by atoms with E-state index in [1.807, 2.05) is 0 Å². The van der Waals surface area contributed by atoms with Crippen molar-refractivity contribution in [2.24, 2.45) is 0 Å². The van der Waals surface area contributed by atoms with E-state index in [1.165, 1.54) is 0 Å². The fourth-order valence-electron chi connectivity index (χ4n) is 4.19. The summed E-state index contributed by atoms with van der Waals surface area (Å²) in [6.45, 7) is 2.03. The highest BCUT2D eigenvalue weighted by Crippen LogP contribution is 2.39. The van der Waals surface area contributed by atoms with Gasteiger partial charge in [0.25, 0.3) is 0 Å². The highest BCUT2D eigenvalue weighted by Gasteiger charge is 2.22. The van der Waals surface area contributed by atoms with Gasteiger partial charge in [0, 0.05) is 5.56 Å². The van der Waals surface area contributed by atoms with Crippen LogP contribution < -0.4 is 29.7 Å². The molecule has 9 nitrogen and oxygen atoms in total. The molecule has 2 aliphatic heterocycles. The Kier molecular flexibility index (Phi) is 4.77. The number of ether oxygens (including phenoxy) is 4. The van der Waals surface area contributed by atoms with Gasteiger partial charge in [-0.1, -0.05) is 6.07 Å². The van der Waals surface area contributed by atoms with Crippen LogP contribution in [0.25, 0.3) is 22.3 Å². The molecule has 0 unspecified atom stereocenters. The van der Waals surface area contributed by atoms with E-state index >= 15 is 0 Å². The summed E-state index contributed by atoms with van der Waals surface area (Å²) < 4.78 is 27.4. The molecule has 3 aromatic carbocycles. The largest absolute Gasteiger partial charge is 0.502 e. The zero-order valence-electron chi connectivity index (χ0n) is 18.5. The molecule has 0 atom stereocenters. The molecule has 176 valence electrons. The standard InChI is InChI=1S/C26H19NO8/c1-13-6-16-23(29)24(30)25(15-3-5-19-21(10-15)34-12-32-19)35-26(16)17(7-13)27-22(28)9-14-2-4-18-20(8-14)33-11-31-18/h2-8,10,30H,9,11-12H2,1H3,(H,27,28). The molecule has 0 bridgehead atoms. The van der Waals surface area contributed by atoms with Gasteiger partial charge in [0.1, 0.15) is 0 Å². The van der Waals surface area contributed by atoms with Crippen molar-refractivity contribution in [2.45, 2.75) is 13.3 Å². The van der Waals surface area contributed by atoms with Gasteiger partial charge in [-0.2, -0.15) is 0 Å². The Morgan fingerprint density at radius 1 is 0.914 bits per heavy atom. The smallest absolute Gasteiger partial charge is 0.235 e. The first-order valence-corrected chi connectivity index (χ1v) is 10.8. The Labute approximate surface area is 198 Å². The van der Waals surface area contributed by atoms with E-state index in [0.29, 0.717) is 34.2 Å². The van der Waals surface area contributed by atoms with Crippen molar-refractivity contribution in [3.63, 3.8) is 0 Å². The van der Waals surface area contributed by atoms with Gasteiger partial charge in [0.05, 0.1) is 17.5 Å². The second-order valence-electron chi connectivity index (χ2n) is 8.28. The van der Waals surface area contributed by atoms with Crippen molar-refractivity contribution in [3.05, 3.63) is 69.9 Å². The molecule has 1 amide bonds. The molecule has 6 rings (SSSR count). The number of aryl methyl sites for hydroxylation is 1. The zero-order chi connectivity index (χ0) is 24.1. The fraction of sp³-hybridized carbons (Fsp3) is 0.154. The van der Waals surface area contributed by atoms with Gasteiger partial charge < -0.3 is 33.8 Å². The summed E-state index contributed by atoms with van der Waals surface area (Å²) in [6, 6.07) is 13.6. The molecule has 0 saturated carbocycles. The lowest BCUT2D eigenvalue weighted by atomic mass is 10.1. The number of hydrogen-bond acceptors (Lipinski definition) is 8. The number of carbonyl (C=O) groups is 1. The Morgan fingerprint density at radius 3 is 2.37 bits per heavy atom. The Bertz CT molecular complexity index is 1570. The van der Waals surface area contributed by atoms with Crippen molar-refractivity contribution in [1.29, 1.82) is 0 Å². The molecule has 0 fully saturated rings. The van der Waals surface area contributed by atoms with Crippen LogP contribution in [0.2, 0.25) is 0 Å². The summed E-state index contributed by atoms with van der Waals surface area (Å²) in [5, 5.41) is 13.6. The normalized spacial score (nSPS) is 13.3. The number of hydrogen-bond donors (Lipinski definition) is 2. The minimum absolute atomic E-state index is 0.0316. The van der Waals surface area contributed by atoms with Crippen LogP contribution in [0.4, 0.5) is 5.69 Å². The number of amides is 1. The fourth-order valence-corrected chi connectivity index (χ4v) is 4.19. The number of carbonyl (C=O) groups excluding carboxylic acids is 1. The average molecular weight is 473 g/mol. The first-order valence-electron chi connectivity index (χ1n) is 10.8. The average Bonchev–Trinajstić information content (AvgIpc) is 3.50. The lowest BCUT2D eigenvalue weighted by molar-refractivity contribution is -0.115. The number of anilines is 1. The summed E-state index contributed by atoms with van der Waals surface area (Å²) in [4.78, 5) is 25.9. The predicted molar refractivity (Wildman–Crippen MR) is 125 cm³/mol. The van der Waals surface area contributed by atoms with Crippen molar-refractivity contribution >= 4 is 22.6 Å². The summed E-state index contributed by atoms with van der Waals surface area (Å²) in [5.41, 5.74) is 1.77. The molecule has 4 aromatic rings. The number of aromatic hydroxyl groups is 1. The van der Waals surface area contributed by atoms with Gasteiger partial charge in [-0.3, -0.25) is 9.59 Å². The monoisotopic (exact) mass is 473 g/mol. The van der Waals surface area contributed by atoms with E-state index in [-0.39, 0.29) is 42.6 Å². The molecule has 2 N–H and O–H groups in total. The van der Waals surface area contributed by atoms with Crippen molar-refractivity contribution < 1.29 is 33.3 Å². The van der Waals surface area contributed by atoms with E-state index < -0.39 is 11.2 Å². The highest BCUT2D eigenvalue weighted by molar-refractivity contribution is 6.01. The number of fused-ring (bicyclic) bond motifs is 3. The third kappa shape index (κ3) is 3.67. The predicted octanol–water partition coefficient (Wildman–Crippen LogP) is 4.11. The summed E-state index contributed by atoms with van der Waals surface area (Å²) in [7, 11) is 0. The minimum atomic E-state index is -0.603. The molecular formula is C26H19NO8. The molecular weight excluding hydrogens is 454 g/mol. The van der Waals surface area contributed by atoms with Crippen LogP contribution in [0.3, 0.4) is 0 Å². The number of rotatable bonds is 4. The molecule has 2 aliphatic rings. The van der Waals surface area contributed by atoms with Crippen molar-refractivity contribution in [2.75, 3.05) is 18.9 Å². The van der Waals surface area contributed by atoms with E-state index in [9.17, 15) is 14.7 Å². The summed E-state index contributed by atoms with van der Waals surface area (Å²) in [6.07, 6.45) is 0.0728. The Morgan fingerprint density at radius 2 is 1.60 bits per heavy atom. The van der Waals surface area contributed by atoms with Gasteiger partial charge in [-0.05, 0) is 60.5 Å². The van der Waals surface area contributed by atoms with E-state index in [4.69, 9.17) is 23.4 Å². The zero-order valence-corrected chi connectivity index (χ0v) is 18.5. The topological polar surface area (TPSA) is 116 Å². The van der Waals surface area contributed by atoms with Crippen LogP contribution in [-0.2, 0) is 11.2 Å². The number of benzene rings is 3. The SMILES string of the molecule is Cc1cc(NC(=O)Cc2ccc3c(c2)OCO3)c2oc(-c3ccc4c(c3)OCO4)c(O)c(=O)c2c1. The lowest BCUT2D eigenvalue weighted by Gasteiger charge is -2.12. The van der Waals surface area contributed by atoms with E-state index in [2.05, 4.69) is 5.32 Å². The molecule has 0 aliphatic carbocycles. The summed E-state index contributed by atoms with van der Waals surface area (Å²) in [5.74, 6) is 1.39. The molecule has 0 radical (unpaired) electrons. The molecule has 0 saturated heterocycles. The van der Waals surface area contributed by atoms with Crippen LogP contribution in [0.15, 0.2) is 57.7 Å². The van der Waals surface area contributed by atoms with Crippen LogP contribution in [-0.4, -0.2) is 24.6 Å². The van der Waals surface area contributed by atoms with Gasteiger partial charge in [-0.15, -0.1) is 0 Å². The van der Waals surface area contributed by atoms with Crippen molar-refractivity contribution in [1.82, 2.24) is 0 Å². The first-order chi connectivity index (χ1) is 17.0. The first kappa shape index (κ1) is 20.9. The molecule has 9 heteroatoms. The third-order valence-electron chi connectivity index (χ3n) is 5.82. The maximum Gasteiger partial charge on any atom is 0.235 e. The highest BCUT2D eigenvalue weighted by atomic mass is 16.7. The Balaban J connectivity index is 1.38. The van der Waals surface area contributed by atoms with Crippen LogP contribution in [0, 0.1) is 6.92 Å². The van der Waals surface area contributed by atoms with Gasteiger partial charge >= 0.3 is 0 Å². The van der Waals surface area contributed by atoms with Gasteiger partial charge in [-0.25, -0.2) is 0 Å². The summed E-state index contributed by atoms with van der Waals surface area (Å²) >= 11 is 0. The number of nitrogens with one attached hydrogen (secondary N) is 1. The molecule has 1 aromatic heterocycles. The van der Waals surface area contributed by atoms with Crippen LogP contribution in [0.1, 0.15) is 11.1 Å². The molecule has 3 heterocycles.